The lowest BCUT2D eigenvalue weighted by Crippen LogP contribution is -2.30. The highest BCUT2D eigenvalue weighted by molar-refractivity contribution is 6.13. The molecule has 3 aromatic carbocycles. The first-order chi connectivity index (χ1) is 14.1. The first kappa shape index (κ1) is 18.5. The molecule has 29 heavy (non-hydrogen) atoms. The quantitative estimate of drug-likeness (QED) is 0.504. The summed E-state index contributed by atoms with van der Waals surface area (Å²) < 4.78 is 5.83. The van der Waals surface area contributed by atoms with Gasteiger partial charge < -0.3 is 10.1 Å². The lowest BCUT2D eigenvalue weighted by atomic mass is 10.1. The summed E-state index contributed by atoms with van der Waals surface area (Å²) in [6.07, 6.45) is 1.66. The van der Waals surface area contributed by atoms with Crippen LogP contribution in [0.15, 0.2) is 84.6 Å². The molecule has 3 amide bonds. The molecule has 1 fully saturated rings. The van der Waals surface area contributed by atoms with Gasteiger partial charge in [-0.2, -0.15) is 0 Å². The number of amides is 3. The Morgan fingerprint density at radius 1 is 0.897 bits per heavy atom. The Hall–Kier alpha value is -3.86. The van der Waals surface area contributed by atoms with E-state index in [9.17, 15) is 9.59 Å². The molecule has 4 rings (SSSR count). The Morgan fingerprint density at radius 2 is 1.62 bits per heavy atom. The van der Waals surface area contributed by atoms with Crippen molar-refractivity contribution in [2.45, 2.75) is 13.5 Å². The number of urea groups is 1. The average molecular weight is 384 g/mol. The third kappa shape index (κ3) is 4.35. The molecule has 5 heteroatoms. The molecule has 1 aliphatic heterocycles. The number of benzene rings is 3. The highest BCUT2D eigenvalue weighted by Crippen LogP contribution is 2.24. The number of carbonyl (C=O) groups excluding carboxylic acids is 2. The highest BCUT2D eigenvalue weighted by Gasteiger charge is 2.33. The average Bonchev–Trinajstić information content (AvgIpc) is 2.98. The molecule has 1 N–H and O–H groups in total. The van der Waals surface area contributed by atoms with Crippen molar-refractivity contribution in [3.05, 3.63) is 101 Å². The van der Waals surface area contributed by atoms with Gasteiger partial charge in [0.05, 0.1) is 6.54 Å². The Balaban J connectivity index is 1.51. The first-order valence-corrected chi connectivity index (χ1v) is 9.31. The number of imide groups is 1. The summed E-state index contributed by atoms with van der Waals surface area (Å²) in [7, 11) is 0. The number of hydrogen-bond donors (Lipinski definition) is 1. The Kier molecular flexibility index (Phi) is 5.12. The van der Waals surface area contributed by atoms with Crippen molar-refractivity contribution in [1.29, 1.82) is 0 Å². The SMILES string of the molecule is Cc1ccc(CN2C(=O)N/C(=C/c3cccc(Oc4ccccc4)c3)C2=O)cc1. The van der Waals surface area contributed by atoms with Gasteiger partial charge in [0.25, 0.3) is 5.91 Å². The van der Waals surface area contributed by atoms with E-state index in [1.807, 2.05) is 85.8 Å². The maximum atomic E-state index is 12.7. The van der Waals surface area contributed by atoms with E-state index in [4.69, 9.17) is 4.74 Å². The monoisotopic (exact) mass is 384 g/mol. The minimum Gasteiger partial charge on any atom is -0.457 e. The van der Waals surface area contributed by atoms with E-state index in [0.717, 1.165) is 22.4 Å². The van der Waals surface area contributed by atoms with Gasteiger partial charge in [-0.25, -0.2) is 4.79 Å². The summed E-state index contributed by atoms with van der Waals surface area (Å²) in [4.78, 5) is 26.2. The van der Waals surface area contributed by atoms with Crippen molar-refractivity contribution in [2.24, 2.45) is 0 Å². The van der Waals surface area contributed by atoms with E-state index in [2.05, 4.69) is 5.32 Å². The molecule has 0 aromatic heterocycles. The molecule has 1 saturated heterocycles. The summed E-state index contributed by atoms with van der Waals surface area (Å²) in [5.74, 6) is 1.04. The van der Waals surface area contributed by atoms with Crippen molar-refractivity contribution < 1.29 is 14.3 Å². The first-order valence-electron chi connectivity index (χ1n) is 9.31. The lowest BCUT2D eigenvalue weighted by molar-refractivity contribution is -0.123. The fourth-order valence-corrected chi connectivity index (χ4v) is 3.05. The second-order valence-corrected chi connectivity index (χ2v) is 6.85. The summed E-state index contributed by atoms with van der Waals surface area (Å²) in [6.45, 7) is 2.23. The molecule has 0 saturated carbocycles. The summed E-state index contributed by atoms with van der Waals surface area (Å²) >= 11 is 0. The van der Waals surface area contributed by atoms with E-state index in [1.165, 1.54) is 4.90 Å². The van der Waals surface area contributed by atoms with Crippen molar-refractivity contribution in [1.82, 2.24) is 10.2 Å². The van der Waals surface area contributed by atoms with Crippen LogP contribution in [0, 0.1) is 6.92 Å². The summed E-state index contributed by atoms with van der Waals surface area (Å²) in [5, 5.41) is 2.66. The topological polar surface area (TPSA) is 58.6 Å². The van der Waals surface area contributed by atoms with Crippen LogP contribution in [0.1, 0.15) is 16.7 Å². The molecule has 0 bridgehead atoms. The van der Waals surface area contributed by atoms with Crippen molar-refractivity contribution >= 4 is 18.0 Å². The largest absolute Gasteiger partial charge is 0.457 e. The Morgan fingerprint density at radius 3 is 2.38 bits per heavy atom. The van der Waals surface area contributed by atoms with Crippen molar-refractivity contribution in [3.8, 4) is 11.5 Å². The smallest absolute Gasteiger partial charge is 0.329 e. The highest BCUT2D eigenvalue weighted by atomic mass is 16.5. The van der Waals surface area contributed by atoms with Crippen LogP contribution in [0.3, 0.4) is 0 Å². The molecule has 1 heterocycles. The van der Waals surface area contributed by atoms with E-state index in [0.29, 0.717) is 5.75 Å². The van der Waals surface area contributed by atoms with Crippen LogP contribution < -0.4 is 10.1 Å². The van der Waals surface area contributed by atoms with E-state index in [1.54, 1.807) is 6.08 Å². The van der Waals surface area contributed by atoms with Crippen LogP contribution in [0.4, 0.5) is 4.79 Å². The number of carbonyl (C=O) groups is 2. The lowest BCUT2D eigenvalue weighted by Gasteiger charge is -2.11. The number of hydrogen-bond acceptors (Lipinski definition) is 3. The molecule has 0 atom stereocenters. The number of ether oxygens (including phenoxy) is 1. The number of nitrogens with zero attached hydrogens (tertiary/aromatic N) is 1. The molecule has 3 aromatic rings. The minimum atomic E-state index is -0.418. The van der Waals surface area contributed by atoms with Crippen molar-refractivity contribution in [2.75, 3.05) is 0 Å². The zero-order valence-corrected chi connectivity index (χ0v) is 16.0. The third-order valence-electron chi connectivity index (χ3n) is 4.57. The van der Waals surface area contributed by atoms with E-state index >= 15 is 0 Å². The van der Waals surface area contributed by atoms with Crippen LogP contribution >= 0.6 is 0 Å². The standard InChI is InChI=1S/C24H20N2O3/c1-17-10-12-18(13-11-17)16-26-23(27)22(25-24(26)28)15-19-6-5-9-21(14-19)29-20-7-3-2-4-8-20/h2-15H,16H2,1H3,(H,25,28)/b22-15+. The Labute approximate surface area is 169 Å². The molecule has 0 radical (unpaired) electrons. The van der Waals surface area contributed by atoms with Crippen LogP contribution in [-0.4, -0.2) is 16.8 Å². The van der Waals surface area contributed by atoms with Gasteiger partial charge >= 0.3 is 6.03 Å². The van der Waals surface area contributed by atoms with Gasteiger partial charge in [-0.3, -0.25) is 9.69 Å². The fourth-order valence-electron chi connectivity index (χ4n) is 3.05. The molecule has 0 aliphatic carbocycles. The van der Waals surface area contributed by atoms with Crippen LogP contribution in [0.25, 0.3) is 6.08 Å². The molecule has 5 nitrogen and oxygen atoms in total. The van der Waals surface area contributed by atoms with Gasteiger partial charge in [0.2, 0.25) is 0 Å². The number of rotatable bonds is 5. The molecule has 0 unspecified atom stereocenters. The van der Waals surface area contributed by atoms with Gasteiger partial charge in [-0.1, -0.05) is 60.2 Å². The molecule has 1 aliphatic rings. The van der Waals surface area contributed by atoms with Crippen LogP contribution in [-0.2, 0) is 11.3 Å². The van der Waals surface area contributed by atoms with Crippen LogP contribution in [0.5, 0.6) is 11.5 Å². The van der Waals surface area contributed by atoms with Crippen LogP contribution in [0.2, 0.25) is 0 Å². The van der Waals surface area contributed by atoms with E-state index in [-0.39, 0.29) is 18.1 Å². The van der Waals surface area contributed by atoms with Gasteiger partial charge in [-0.15, -0.1) is 0 Å². The molecular formula is C24H20N2O3. The van der Waals surface area contributed by atoms with E-state index < -0.39 is 6.03 Å². The van der Waals surface area contributed by atoms with Gasteiger partial charge in [-0.05, 0) is 48.4 Å². The van der Waals surface area contributed by atoms with Gasteiger partial charge in [0, 0.05) is 0 Å². The second kappa shape index (κ2) is 8.02. The number of aryl methyl sites for hydroxylation is 1. The zero-order valence-electron chi connectivity index (χ0n) is 16.0. The zero-order chi connectivity index (χ0) is 20.2. The van der Waals surface area contributed by atoms with Gasteiger partial charge in [0.15, 0.2) is 0 Å². The maximum Gasteiger partial charge on any atom is 0.329 e. The molecule has 0 spiro atoms. The number of nitrogens with one attached hydrogen (secondary N) is 1. The Bertz CT molecular complexity index is 1070. The summed E-state index contributed by atoms with van der Waals surface area (Å²) in [5.41, 5.74) is 3.04. The fraction of sp³-hybridized carbons (Fsp3) is 0.0833. The number of para-hydroxylation sites is 1. The predicted octanol–water partition coefficient (Wildman–Crippen LogP) is 4.88. The van der Waals surface area contributed by atoms with Crippen molar-refractivity contribution in [3.63, 3.8) is 0 Å². The molecular weight excluding hydrogens is 364 g/mol. The second-order valence-electron chi connectivity index (χ2n) is 6.85. The summed E-state index contributed by atoms with van der Waals surface area (Å²) in [6, 6.07) is 24.2. The maximum absolute atomic E-state index is 12.7. The van der Waals surface area contributed by atoms with Gasteiger partial charge in [0.1, 0.15) is 17.2 Å². The predicted molar refractivity (Wildman–Crippen MR) is 111 cm³/mol. The normalized spacial score (nSPS) is 14.9. The minimum absolute atomic E-state index is 0.236. The molecule has 144 valence electrons. The third-order valence-corrected chi connectivity index (χ3v) is 4.57.